The fourth-order valence-electron chi connectivity index (χ4n) is 3.18. The number of carbonyl (C=O) groups excluding carboxylic acids is 1. The zero-order chi connectivity index (χ0) is 19.6. The predicted molar refractivity (Wildman–Crippen MR) is 79.2 cm³/mol. The molecular weight excluding hydrogens is 362 g/mol. The molecule has 2 fully saturated rings. The highest BCUT2D eigenvalue weighted by atomic mass is 19.3. The first-order valence-electron chi connectivity index (χ1n) is 7.96. The minimum Gasteiger partial charge on any atom is -0.460 e. The summed E-state index contributed by atoms with van der Waals surface area (Å²) in [5, 5.41) is 0. The van der Waals surface area contributed by atoms with Crippen molar-refractivity contribution in [2.45, 2.75) is 39.7 Å². The Hall–Kier alpha value is -1.99. The van der Waals surface area contributed by atoms with Gasteiger partial charge < -0.3 is 4.74 Å². The lowest BCUT2D eigenvalue weighted by molar-refractivity contribution is -0.147. The van der Waals surface area contributed by atoms with Crippen LogP contribution in [-0.4, -0.2) is 11.9 Å². The summed E-state index contributed by atoms with van der Waals surface area (Å²) in [5.74, 6) is -11.3. The zero-order valence-corrected chi connectivity index (χ0v) is 14.2. The molecule has 0 spiro atoms. The molecule has 2 nitrogen and oxygen atoms in total. The van der Waals surface area contributed by atoms with Gasteiger partial charge in [-0.25, -0.2) is 26.3 Å². The number of ether oxygens (including phenoxy) is 1. The van der Waals surface area contributed by atoms with Gasteiger partial charge in [0.2, 0.25) is 0 Å². The third-order valence-electron chi connectivity index (χ3n) is 5.24. The van der Waals surface area contributed by atoms with Crippen LogP contribution in [0.5, 0.6) is 0 Å². The van der Waals surface area contributed by atoms with E-state index in [-0.39, 0.29) is 12.0 Å². The molecule has 2 saturated carbocycles. The van der Waals surface area contributed by atoms with Crippen molar-refractivity contribution in [2.75, 3.05) is 0 Å². The van der Waals surface area contributed by atoms with E-state index in [0.717, 1.165) is 6.92 Å². The first kappa shape index (κ1) is 18.8. The van der Waals surface area contributed by atoms with Crippen LogP contribution in [0.1, 0.15) is 31.4 Å². The average Bonchev–Trinajstić information content (AvgIpc) is 3.34. The van der Waals surface area contributed by atoms with Crippen molar-refractivity contribution in [3.05, 3.63) is 46.0 Å². The van der Waals surface area contributed by atoms with Gasteiger partial charge in [-0.3, -0.25) is 4.79 Å². The Morgan fingerprint density at radius 3 is 2.08 bits per heavy atom. The number of allylic oxidation sites excluding steroid dienone is 2. The van der Waals surface area contributed by atoms with Crippen LogP contribution in [-0.2, 0) is 16.1 Å². The van der Waals surface area contributed by atoms with E-state index in [1.807, 2.05) is 0 Å². The fraction of sp³-hybridized carbons (Fsp3) is 0.500. The van der Waals surface area contributed by atoms with Crippen LogP contribution in [0.2, 0.25) is 0 Å². The van der Waals surface area contributed by atoms with E-state index in [4.69, 9.17) is 4.74 Å². The maximum atomic E-state index is 13.8. The minimum atomic E-state index is -2.84. The number of halogens is 6. The lowest BCUT2D eigenvalue weighted by Gasteiger charge is -2.10. The molecule has 0 aliphatic heterocycles. The van der Waals surface area contributed by atoms with Crippen LogP contribution >= 0.6 is 0 Å². The van der Waals surface area contributed by atoms with Crippen molar-refractivity contribution in [1.82, 2.24) is 0 Å². The Morgan fingerprint density at radius 2 is 1.62 bits per heavy atom. The highest BCUT2D eigenvalue weighted by molar-refractivity contribution is 5.78. The number of hydrogen-bond acceptors (Lipinski definition) is 2. The third kappa shape index (κ3) is 2.89. The molecule has 2 aliphatic carbocycles. The number of alkyl halides is 2. The smallest absolute Gasteiger partial charge is 0.310 e. The predicted octanol–water partition coefficient (Wildman–Crippen LogP) is 4.83. The fourth-order valence-corrected chi connectivity index (χ4v) is 3.18. The van der Waals surface area contributed by atoms with Crippen molar-refractivity contribution in [1.29, 1.82) is 0 Å². The van der Waals surface area contributed by atoms with Crippen molar-refractivity contribution in [3.63, 3.8) is 0 Å². The molecule has 1 aromatic rings. The minimum absolute atomic E-state index is 0.0503. The van der Waals surface area contributed by atoms with Crippen LogP contribution < -0.4 is 0 Å². The molecule has 2 aliphatic rings. The van der Waals surface area contributed by atoms with Crippen molar-refractivity contribution >= 4 is 5.97 Å². The first-order valence-corrected chi connectivity index (χ1v) is 7.96. The Bertz CT molecular complexity index is 798. The maximum absolute atomic E-state index is 13.8. The number of rotatable bonds is 4. The maximum Gasteiger partial charge on any atom is 0.310 e. The van der Waals surface area contributed by atoms with Gasteiger partial charge >= 0.3 is 5.97 Å². The van der Waals surface area contributed by atoms with Gasteiger partial charge in [0, 0.05) is 17.6 Å². The molecule has 8 heteroatoms. The van der Waals surface area contributed by atoms with Crippen molar-refractivity contribution in [3.8, 4) is 0 Å². The Labute approximate surface area is 145 Å². The molecule has 0 bridgehead atoms. The van der Waals surface area contributed by atoms with E-state index in [2.05, 4.69) is 0 Å². The van der Waals surface area contributed by atoms with E-state index in [1.54, 1.807) is 13.8 Å². The van der Waals surface area contributed by atoms with Crippen LogP contribution in [0.15, 0.2) is 11.6 Å². The van der Waals surface area contributed by atoms with Crippen molar-refractivity contribution in [2.24, 2.45) is 17.3 Å². The van der Waals surface area contributed by atoms with E-state index in [9.17, 15) is 31.1 Å². The van der Waals surface area contributed by atoms with Gasteiger partial charge in [0.25, 0.3) is 5.92 Å². The molecule has 0 heterocycles. The summed E-state index contributed by atoms with van der Waals surface area (Å²) in [4.78, 5) is 12.2. The summed E-state index contributed by atoms with van der Waals surface area (Å²) in [6, 6.07) is 0. The largest absolute Gasteiger partial charge is 0.460 e. The Balaban J connectivity index is 1.72. The number of benzene rings is 1. The topological polar surface area (TPSA) is 26.3 Å². The average molecular weight is 378 g/mol. The van der Waals surface area contributed by atoms with Crippen molar-refractivity contribution < 1.29 is 35.9 Å². The molecule has 1 aromatic carbocycles. The second-order valence-electron chi connectivity index (χ2n) is 7.37. The van der Waals surface area contributed by atoms with Crippen LogP contribution in [0.3, 0.4) is 0 Å². The zero-order valence-electron chi connectivity index (χ0n) is 14.2. The highest BCUT2D eigenvalue weighted by Crippen LogP contribution is 2.62. The molecular formula is C18H16F6O2. The molecule has 0 amide bonds. The third-order valence-corrected chi connectivity index (χ3v) is 5.24. The van der Waals surface area contributed by atoms with Gasteiger partial charge in [-0.1, -0.05) is 19.9 Å². The summed E-state index contributed by atoms with van der Waals surface area (Å²) < 4.78 is 85.5. The monoisotopic (exact) mass is 378 g/mol. The molecule has 0 aromatic heterocycles. The van der Waals surface area contributed by atoms with Gasteiger partial charge in [-0.15, -0.1) is 0 Å². The van der Waals surface area contributed by atoms with Crippen LogP contribution in [0.4, 0.5) is 26.3 Å². The molecule has 3 rings (SSSR count). The normalized spacial score (nSPS) is 26.7. The molecule has 0 N–H and O–H groups in total. The SMILES string of the molecule is Cc1c(F)c(F)c(COC(=O)C2C(C=C3CC3(F)F)C2(C)C)c(F)c1F. The molecule has 0 radical (unpaired) electrons. The second-order valence-corrected chi connectivity index (χ2v) is 7.37. The lowest BCUT2D eigenvalue weighted by Crippen LogP contribution is -2.14. The van der Waals surface area contributed by atoms with Gasteiger partial charge in [0.15, 0.2) is 23.3 Å². The number of hydrogen-bond donors (Lipinski definition) is 0. The van der Waals surface area contributed by atoms with Gasteiger partial charge in [0.1, 0.15) is 6.61 Å². The summed E-state index contributed by atoms with van der Waals surface area (Å²) in [7, 11) is 0. The van der Waals surface area contributed by atoms with E-state index in [0.29, 0.717) is 0 Å². The van der Waals surface area contributed by atoms with Crippen LogP contribution in [0, 0.1) is 47.4 Å². The number of carbonyl (C=O) groups is 1. The molecule has 0 saturated heterocycles. The summed E-state index contributed by atoms with van der Waals surface area (Å²) in [6.07, 6.45) is 0.984. The molecule has 2 atom stereocenters. The first-order chi connectivity index (χ1) is 11.9. The van der Waals surface area contributed by atoms with Gasteiger partial charge in [-0.05, 0) is 18.3 Å². The Morgan fingerprint density at radius 1 is 1.12 bits per heavy atom. The second kappa shape index (κ2) is 5.76. The number of esters is 1. The molecule has 2 unspecified atom stereocenters. The van der Waals surface area contributed by atoms with E-state index in [1.165, 1.54) is 6.08 Å². The highest BCUT2D eigenvalue weighted by Gasteiger charge is 2.63. The summed E-state index contributed by atoms with van der Waals surface area (Å²) >= 11 is 0. The Kier molecular flexibility index (Phi) is 4.16. The van der Waals surface area contributed by atoms with Gasteiger partial charge in [-0.2, -0.15) is 0 Å². The van der Waals surface area contributed by atoms with Crippen LogP contribution in [0.25, 0.3) is 0 Å². The lowest BCUT2D eigenvalue weighted by atomic mass is 10.1. The van der Waals surface area contributed by atoms with Gasteiger partial charge in [0.05, 0.1) is 11.5 Å². The van der Waals surface area contributed by atoms with E-state index >= 15 is 0 Å². The quantitative estimate of drug-likeness (QED) is 0.325. The standard InChI is InChI=1S/C18H16F6O2/c1-7-12(19)14(21)9(15(22)13(7)20)6-26-16(25)11-10(17(11,2)3)4-8-5-18(8,23)24/h4,10-11H,5-6H2,1-3H3. The van der Waals surface area contributed by atoms with E-state index < -0.39 is 70.1 Å². The summed E-state index contributed by atoms with van der Waals surface area (Å²) in [5.41, 5.74) is -2.54. The summed E-state index contributed by atoms with van der Waals surface area (Å²) in [6.45, 7) is 3.24. The molecule has 142 valence electrons. The molecule has 26 heavy (non-hydrogen) atoms.